The van der Waals surface area contributed by atoms with Gasteiger partial charge >= 0.3 is 0 Å². The number of phenolic OH excluding ortho intramolecular Hbond substituents is 1. The van der Waals surface area contributed by atoms with E-state index in [1.54, 1.807) is 30.3 Å². The number of nitrogens with one attached hydrogen (secondary N) is 1. The number of anilines is 2. The van der Waals surface area contributed by atoms with Gasteiger partial charge in [0.15, 0.2) is 5.13 Å². The van der Waals surface area contributed by atoms with Crippen LogP contribution in [0.1, 0.15) is 12.8 Å². The maximum absolute atomic E-state index is 13.9. The molecular weight excluding hydrogens is 353 g/mol. The van der Waals surface area contributed by atoms with Crippen LogP contribution in [0.5, 0.6) is 5.75 Å². The van der Waals surface area contributed by atoms with Gasteiger partial charge in [0.2, 0.25) is 5.91 Å². The molecule has 1 unspecified atom stereocenters. The summed E-state index contributed by atoms with van der Waals surface area (Å²) in [6, 6.07) is 11.4. The van der Waals surface area contributed by atoms with Crippen LogP contribution in [0.2, 0.25) is 0 Å². The zero-order valence-corrected chi connectivity index (χ0v) is 14.8. The number of thiazole rings is 1. The second kappa shape index (κ2) is 6.92. The quantitative estimate of drug-likeness (QED) is 0.683. The Morgan fingerprint density at radius 2 is 2.08 bits per heavy atom. The highest BCUT2D eigenvalue weighted by Gasteiger charge is 2.27. The number of aromatic hydroxyl groups is 1. The highest BCUT2D eigenvalue weighted by atomic mass is 32.1. The summed E-state index contributed by atoms with van der Waals surface area (Å²) >= 11 is 1.45. The maximum atomic E-state index is 13.9. The molecule has 7 heteroatoms. The molecule has 2 aromatic carbocycles. The van der Waals surface area contributed by atoms with Gasteiger partial charge in [-0.2, -0.15) is 0 Å². The second-order valence-corrected chi connectivity index (χ2v) is 7.41. The summed E-state index contributed by atoms with van der Waals surface area (Å²) in [4.78, 5) is 19.1. The molecule has 1 atom stereocenters. The van der Waals surface area contributed by atoms with Crippen molar-refractivity contribution in [2.45, 2.75) is 12.8 Å². The molecular formula is C19H18FN3O2S. The van der Waals surface area contributed by atoms with Crippen LogP contribution < -0.4 is 10.2 Å². The van der Waals surface area contributed by atoms with Crippen LogP contribution in [0.15, 0.2) is 42.5 Å². The molecule has 26 heavy (non-hydrogen) atoms. The normalized spacial score (nSPS) is 17.4. The molecule has 3 aromatic rings. The van der Waals surface area contributed by atoms with Crippen LogP contribution in [0.3, 0.4) is 0 Å². The van der Waals surface area contributed by atoms with Gasteiger partial charge in [0.1, 0.15) is 17.1 Å². The first-order chi connectivity index (χ1) is 12.6. The van der Waals surface area contributed by atoms with E-state index in [2.05, 4.69) is 15.2 Å². The minimum Gasteiger partial charge on any atom is -0.508 e. The number of piperidine rings is 1. The van der Waals surface area contributed by atoms with E-state index in [1.807, 2.05) is 6.07 Å². The monoisotopic (exact) mass is 371 g/mol. The summed E-state index contributed by atoms with van der Waals surface area (Å²) < 4.78 is 14.7. The van der Waals surface area contributed by atoms with Crippen LogP contribution in [0.25, 0.3) is 10.2 Å². The Bertz CT molecular complexity index is 942. The van der Waals surface area contributed by atoms with Gasteiger partial charge in [0.25, 0.3) is 0 Å². The minimum atomic E-state index is -0.316. The zero-order valence-electron chi connectivity index (χ0n) is 14.0. The number of amides is 1. The molecule has 1 aromatic heterocycles. The number of nitrogens with zero attached hydrogens (tertiary/aromatic N) is 2. The number of phenols is 1. The van der Waals surface area contributed by atoms with E-state index in [-0.39, 0.29) is 23.4 Å². The SMILES string of the molecule is O=C(Nc1ccc(O)cc1)C1CCCN(c2nc3c(F)cccc3s2)C1. The highest BCUT2D eigenvalue weighted by molar-refractivity contribution is 7.22. The average Bonchev–Trinajstić information content (AvgIpc) is 3.09. The van der Waals surface area contributed by atoms with Crippen molar-refractivity contribution in [2.75, 3.05) is 23.3 Å². The first-order valence-corrected chi connectivity index (χ1v) is 9.32. The van der Waals surface area contributed by atoms with Crippen molar-refractivity contribution >= 4 is 38.3 Å². The fraction of sp³-hybridized carbons (Fsp3) is 0.263. The third kappa shape index (κ3) is 3.35. The van der Waals surface area contributed by atoms with Crippen molar-refractivity contribution in [1.29, 1.82) is 0 Å². The molecule has 0 aliphatic carbocycles. The van der Waals surface area contributed by atoms with E-state index in [9.17, 15) is 14.3 Å². The number of benzene rings is 2. The molecule has 134 valence electrons. The molecule has 1 amide bonds. The van der Waals surface area contributed by atoms with Gasteiger partial charge in [0.05, 0.1) is 10.6 Å². The number of hydrogen-bond donors (Lipinski definition) is 2. The van der Waals surface area contributed by atoms with Crippen molar-refractivity contribution < 1.29 is 14.3 Å². The third-order valence-electron chi connectivity index (χ3n) is 4.56. The molecule has 0 saturated carbocycles. The lowest BCUT2D eigenvalue weighted by Gasteiger charge is -2.31. The number of rotatable bonds is 3. The molecule has 0 radical (unpaired) electrons. The Labute approximate surface area is 154 Å². The standard InChI is InChI=1S/C19H18FN3O2S/c20-15-4-1-5-16-17(15)22-19(26-16)23-10-2-3-12(11-23)18(25)21-13-6-8-14(24)9-7-13/h1,4-9,12,24H,2-3,10-11H2,(H,21,25). The lowest BCUT2D eigenvalue weighted by atomic mass is 9.97. The largest absolute Gasteiger partial charge is 0.508 e. The Hall–Kier alpha value is -2.67. The fourth-order valence-corrected chi connectivity index (χ4v) is 4.21. The molecule has 2 heterocycles. The van der Waals surface area contributed by atoms with Gasteiger partial charge in [-0.15, -0.1) is 0 Å². The Morgan fingerprint density at radius 3 is 2.85 bits per heavy atom. The molecule has 1 saturated heterocycles. The van der Waals surface area contributed by atoms with E-state index in [4.69, 9.17) is 0 Å². The van der Waals surface area contributed by atoms with Gasteiger partial charge in [-0.05, 0) is 49.2 Å². The van der Waals surface area contributed by atoms with Gasteiger partial charge < -0.3 is 15.3 Å². The van der Waals surface area contributed by atoms with E-state index < -0.39 is 0 Å². The lowest BCUT2D eigenvalue weighted by Crippen LogP contribution is -2.40. The van der Waals surface area contributed by atoms with Crippen molar-refractivity contribution in [3.8, 4) is 5.75 Å². The third-order valence-corrected chi connectivity index (χ3v) is 5.64. The Balaban J connectivity index is 1.48. The smallest absolute Gasteiger partial charge is 0.229 e. The molecule has 1 aliphatic rings. The summed E-state index contributed by atoms with van der Waals surface area (Å²) in [7, 11) is 0. The van der Waals surface area contributed by atoms with Crippen molar-refractivity contribution in [3.63, 3.8) is 0 Å². The zero-order chi connectivity index (χ0) is 18.1. The number of hydrogen-bond acceptors (Lipinski definition) is 5. The topological polar surface area (TPSA) is 65.5 Å². The Kier molecular flexibility index (Phi) is 4.46. The summed E-state index contributed by atoms with van der Waals surface area (Å²) in [5.74, 6) is -0.361. The summed E-state index contributed by atoms with van der Waals surface area (Å²) in [5, 5.41) is 13.0. The summed E-state index contributed by atoms with van der Waals surface area (Å²) in [6.07, 6.45) is 1.69. The van der Waals surface area contributed by atoms with Crippen molar-refractivity contribution in [3.05, 3.63) is 48.3 Å². The van der Waals surface area contributed by atoms with E-state index in [1.165, 1.54) is 17.4 Å². The fourth-order valence-electron chi connectivity index (χ4n) is 3.19. The van der Waals surface area contributed by atoms with Gasteiger partial charge in [-0.25, -0.2) is 9.37 Å². The van der Waals surface area contributed by atoms with Crippen LogP contribution in [0.4, 0.5) is 15.2 Å². The lowest BCUT2D eigenvalue weighted by molar-refractivity contribution is -0.120. The molecule has 2 N–H and O–H groups in total. The molecule has 1 fully saturated rings. The van der Waals surface area contributed by atoms with Crippen LogP contribution in [0, 0.1) is 11.7 Å². The van der Waals surface area contributed by atoms with Crippen molar-refractivity contribution in [1.82, 2.24) is 4.98 Å². The predicted molar refractivity (Wildman–Crippen MR) is 101 cm³/mol. The van der Waals surface area contributed by atoms with Gasteiger partial charge in [0, 0.05) is 18.8 Å². The minimum absolute atomic E-state index is 0.0484. The summed E-state index contributed by atoms with van der Waals surface area (Å²) in [5.41, 5.74) is 1.05. The number of aromatic nitrogens is 1. The Morgan fingerprint density at radius 1 is 1.27 bits per heavy atom. The highest BCUT2D eigenvalue weighted by Crippen LogP contribution is 2.32. The molecule has 5 nitrogen and oxygen atoms in total. The average molecular weight is 371 g/mol. The molecule has 4 rings (SSSR count). The van der Waals surface area contributed by atoms with Crippen LogP contribution in [-0.2, 0) is 4.79 Å². The number of para-hydroxylation sites is 1. The number of carbonyl (C=O) groups excluding carboxylic acids is 1. The van der Waals surface area contributed by atoms with E-state index in [0.717, 1.165) is 29.2 Å². The van der Waals surface area contributed by atoms with Gasteiger partial charge in [-0.1, -0.05) is 17.4 Å². The number of carbonyl (C=O) groups is 1. The summed E-state index contributed by atoms with van der Waals surface area (Å²) in [6.45, 7) is 1.37. The van der Waals surface area contributed by atoms with E-state index >= 15 is 0 Å². The molecule has 0 bridgehead atoms. The molecule has 1 aliphatic heterocycles. The second-order valence-electron chi connectivity index (χ2n) is 6.40. The predicted octanol–water partition coefficient (Wildman–Crippen LogP) is 4.00. The molecule has 0 spiro atoms. The maximum Gasteiger partial charge on any atom is 0.229 e. The van der Waals surface area contributed by atoms with E-state index in [0.29, 0.717) is 17.7 Å². The van der Waals surface area contributed by atoms with Crippen LogP contribution >= 0.6 is 11.3 Å². The first kappa shape index (κ1) is 16.8. The number of halogens is 1. The van der Waals surface area contributed by atoms with Gasteiger partial charge in [-0.3, -0.25) is 4.79 Å². The first-order valence-electron chi connectivity index (χ1n) is 8.50. The van der Waals surface area contributed by atoms with Crippen molar-refractivity contribution in [2.24, 2.45) is 5.92 Å². The van der Waals surface area contributed by atoms with Crippen LogP contribution in [-0.4, -0.2) is 29.1 Å². The number of fused-ring (bicyclic) bond motifs is 1.